The summed E-state index contributed by atoms with van der Waals surface area (Å²) in [5.74, 6) is -2.86. The maximum absolute atomic E-state index is 14.0. The van der Waals surface area contributed by atoms with Crippen LogP contribution in [-0.2, 0) is 21.6 Å². The Morgan fingerprint density at radius 1 is 1.18 bits per heavy atom. The molecule has 9 nitrogen and oxygen atoms in total. The van der Waals surface area contributed by atoms with Crippen LogP contribution in [0.25, 0.3) is 22.7 Å². The van der Waals surface area contributed by atoms with E-state index in [-0.39, 0.29) is 24.5 Å². The summed E-state index contributed by atoms with van der Waals surface area (Å²) in [6, 6.07) is 6.95. The molecule has 0 saturated heterocycles. The van der Waals surface area contributed by atoms with E-state index in [1.807, 2.05) is 6.07 Å². The smallest absolute Gasteiger partial charge is 0.339 e. The summed E-state index contributed by atoms with van der Waals surface area (Å²) in [4.78, 5) is 17.4. The van der Waals surface area contributed by atoms with Crippen molar-refractivity contribution < 1.29 is 31.9 Å². The average molecular weight is 528 g/mol. The van der Waals surface area contributed by atoms with Gasteiger partial charge in [0.05, 0.1) is 25.5 Å². The predicted molar refractivity (Wildman–Crippen MR) is 130 cm³/mol. The summed E-state index contributed by atoms with van der Waals surface area (Å²) in [7, 11) is 1.53. The van der Waals surface area contributed by atoms with Crippen LogP contribution in [0.4, 0.5) is 18.9 Å². The molecule has 198 valence electrons. The quantitative estimate of drug-likeness (QED) is 0.265. The number of rotatable bonds is 7. The van der Waals surface area contributed by atoms with E-state index in [0.29, 0.717) is 47.3 Å². The molecule has 1 N–H and O–H groups in total. The molecule has 1 unspecified atom stereocenters. The molecule has 0 spiro atoms. The van der Waals surface area contributed by atoms with Crippen molar-refractivity contribution in [2.45, 2.75) is 38.8 Å². The van der Waals surface area contributed by atoms with Crippen molar-refractivity contribution in [2.24, 2.45) is 0 Å². The second-order valence-electron chi connectivity index (χ2n) is 8.77. The molecule has 12 heteroatoms. The van der Waals surface area contributed by atoms with Gasteiger partial charge in [-0.15, -0.1) is 10.2 Å². The topological polar surface area (TPSA) is 104 Å². The van der Waals surface area contributed by atoms with Crippen LogP contribution in [0.15, 0.2) is 40.9 Å². The Morgan fingerprint density at radius 3 is 2.61 bits per heavy atom. The van der Waals surface area contributed by atoms with Crippen LogP contribution in [0.2, 0.25) is 0 Å². The first-order valence-electron chi connectivity index (χ1n) is 11.9. The van der Waals surface area contributed by atoms with Crippen LogP contribution >= 0.6 is 0 Å². The van der Waals surface area contributed by atoms with E-state index in [1.165, 1.54) is 7.11 Å². The van der Waals surface area contributed by atoms with Gasteiger partial charge in [-0.3, -0.25) is 0 Å². The van der Waals surface area contributed by atoms with Gasteiger partial charge in [0, 0.05) is 36.9 Å². The maximum atomic E-state index is 14.0. The number of methoxy groups -OCH3 is 1. The molecular formula is C26H24F3N5O4. The molecular weight excluding hydrogens is 503 g/mol. The second-order valence-corrected chi connectivity index (χ2v) is 8.77. The molecule has 0 fully saturated rings. The first-order chi connectivity index (χ1) is 18.3. The van der Waals surface area contributed by atoms with E-state index < -0.39 is 29.0 Å². The molecule has 5 rings (SSSR count). The Labute approximate surface area is 215 Å². The normalized spacial score (nSPS) is 16.7. The number of aryl methyl sites for hydroxylation is 1. The van der Waals surface area contributed by atoms with Gasteiger partial charge in [0.1, 0.15) is 5.75 Å². The highest BCUT2D eigenvalue weighted by Gasteiger charge is 2.49. The SMILES string of the molecule is CCOC(=O)C1(Nc2cc(F)c(F)c(F)c2)CCCn2c(-c3ccc(-c4cnc(C)o4)c(OC)c3)nnc21. The van der Waals surface area contributed by atoms with Crippen molar-refractivity contribution in [1.82, 2.24) is 19.7 Å². The monoisotopic (exact) mass is 527 g/mol. The maximum Gasteiger partial charge on any atom is 0.339 e. The summed E-state index contributed by atoms with van der Waals surface area (Å²) in [6.45, 7) is 3.92. The number of aromatic nitrogens is 4. The summed E-state index contributed by atoms with van der Waals surface area (Å²) in [5.41, 5.74) is -0.407. The molecule has 0 amide bonds. The highest BCUT2D eigenvalue weighted by atomic mass is 19.2. The lowest BCUT2D eigenvalue weighted by Gasteiger charge is -2.36. The molecule has 2 aromatic carbocycles. The molecule has 1 aliphatic heterocycles. The molecule has 4 aromatic rings. The van der Waals surface area contributed by atoms with Gasteiger partial charge in [-0.1, -0.05) is 6.07 Å². The summed E-state index contributed by atoms with van der Waals surface area (Å²) in [6.07, 6.45) is 2.30. The number of fused-ring (bicyclic) bond motifs is 1. The predicted octanol–water partition coefficient (Wildman–Crippen LogP) is 5.00. The number of nitrogens with one attached hydrogen (secondary N) is 1. The van der Waals surface area contributed by atoms with Gasteiger partial charge in [-0.25, -0.2) is 22.9 Å². The number of anilines is 1. The summed E-state index contributed by atoms with van der Waals surface area (Å²) >= 11 is 0. The van der Waals surface area contributed by atoms with Crippen molar-refractivity contribution in [3.63, 3.8) is 0 Å². The van der Waals surface area contributed by atoms with Crippen LogP contribution in [0, 0.1) is 24.4 Å². The third kappa shape index (κ3) is 4.25. The van der Waals surface area contributed by atoms with Crippen molar-refractivity contribution in [1.29, 1.82) is 0 Å². The standard InChI is InChI=1S/C26H24F3N5O4/c1-4-37-25(35)26(31-16-11-18(27)22(29)19(28)12-16)8-5-9-34-23(32-33-24(26)34)15-6-7-17(20(10-15)36-3)21-13-30-14(2)38-21/h6-7,10-13,31H,4-5,8-9H2,1-3H3. The van der Waals surface area contributed by atoms with Crippen LogP contribution in [-0.4, -0.2) is 39.4 Å². The third-order valence-electron chi connectivity index (χ3n) is 6.38. The molecule has 1 atom stereocenters. The van der Waals surface area contributed by atoms with Gasteiger partial charge in [-0.2, -0.15) is 0 Å². The van der Waals surface area contributed by atoms with Crippen molar-refractivity contribution in [3.8, 4) is 28.5 Å². The van der Waals surface area contributed by atoms with Crippen LogP contribution in [0.1, 0.15) is 31.5 Å². The van der Waals surface area contributed by atoms with Crippen LogP contribution < -0.4 is 10.1 Å². The number of carbonyl (C=O) groups is 1. The van der Waals surface area contributed by atoms with E-state index in [2.05, 4.69) is 20.5 Å². The zero-order valence-corrected chi connectivity index (χ0v) is 20.8. The van der Waals surface area contributed by atoms with E-state index in [1.54, 1.807) is 36.7 Å². The second kappa shape index (κ2) is 9.84. The Kier molecular flexibility index (Phi) is 6.55. The van der Waals surface area contributed by atoms with Gasteiger partial charge in [-0.05, 0) is 31.9 Å². The molecule has 0 bridgehead atoms. The number of ether oxygens (including phenoxy) is 2. The summed E-state index contributed by atoms with van der Waals surface area (Å²) in [5, 5.41) is 11.5. The average Bonchev–Trinajstić information content (AvgIpc) is 3.54. The van der Waals surface area contributed by atoms with Crippen molar-refractivity contribution in [2.75, 3.05) is 19.0 Å². The van der Waals surface area contributed by atoms with Gasteiger partial charge in [0.15, 0.2) is 46.3 Å². The zero-order chi connectivity index (χ0) is 27.0. The van der Waals surface area contributed by atoms with E-state index >= 15 is 0 Å². The van der Waals surface area contributed by atoms with Crippen molar-refractivity contribution >= 4 is 11.7 Å². The highest BCUT2D eigenvalue weighted by Crippen LogP contribution is 2.40. The molecule has 38 heavy (non-hydrogen) atoms. The van der Waals surface area contributed by atoms with Crippen molar-refractivity contribution in [3.05, 3.63) is 65.7 Å². The lowest BCUT2D eigenvalue weighted by Crippen LogP contribution is -2.49. The minimum Gasteiger partial charge on any atom is -0.496 e. The number of oxazole rings is 1. The molecule has 0 aliphatic carbocycles. The van der Waals surface area contributed by atoms with Gasteiger partial charge in [0.25, 0.3) is 0 Å². The number of halogens is 3. The largest absolute Gasteiger partial charge is 0.496 e. The fraction of sp³-hybridized carbons (Fsp3) is 0.308. The number of benzene rings is 2. The number of esters is 1. The Balaban J connectivity index is 1.59. The number of hydrogen-bond donors (Lipinski definition) is 1. The number of carbonyl (C=O) groups excluding carboxylic acids is 1. The number of hydrogen-bond acceptors (Lipinski definition) is 8. The van der Waals surface area contributed by atoms with E-state index in [0.717, 1.165) is 12.1 Å². The Bertz CT molecular complexity index is 1500. The molecule has 3 heterocycles. The molecule has 0 saturated carbocycles. The Hall–Kier alpha value is -4.35. The van der Waals surface area contributed by atoms with E-state index in [9.17, 15) is 18.0 Å². The lowest BCUT2D eigenvalue weighted by molar-refractivity contribution is -0.150. The minimum absolute atomic E-state index is 0.0647. The number of nitrogens with zero attached hydrogens (tertiary/aromatic N) is 4. The first kappa shape index (κ1) is 25.3. The van der Waals surface area contributed by atoms with Gasteiger partial charge in [0.2, 0.25) is 0 Å². The molecule has 0 radical (unpaired) electrons. The minimum atomic E-state index is -1.61. The highest BCUT2D eigenvalue weighted by molar-refractivity contribution is 5.86. The van der Waals surface area contributed by atoms with Gasteiger partial charge < -0.3 is 23.8 Å². The van der Waals surface area contributed by atoms with Crippen LogP contribution in [0.5, 0.6) is 5.75 Å². The Morgan fingerprint density at radius 2 is 1.95 bits per heavy atom. The fourth-order valence-electron chi connectivity index (χ4n) is 4.67. The van der Waals surface area contributed by atoms with E-state index in [4.69, 9.17) is 13.9 Å². The summed E-state index contributed by atoms with van der Waals surface area (Å²) < 4.78 is 59.9. The third-order valence-corrected chi connectivity index (χ3v) is 6.38. The zero-order valence-electron chi connectivity index (χ0n) is 20.8. The molecule has 2 aromatic heterocycles. The lowest BCUT2D eigenvalue weighted by atomic mass is 9.88. The first-order valence-corrected chi connectivity index (χ1v) is 11.9. The molecule has 1 aliphatic rings. The van der Waals surface area contributed by atoms with Crippen LogP contribution in [0.3, 0.4) is 0 Å². The fourth-order valence-corrected chi connectivity index (χ4v) is 4.67. The van der Waals surface area contributed by atoms with Gasteiger partial charge >= 0.3 is 5.97 Å².